The van der Waals surface area contributed by atoms with Crippen molar-refractivity contribution in [3.63, 3.8) is 0 Å². The van der Waals surface area contributed by atoms with Crippen LogP contribution in [0, 0.1) is 0 Å². The minimum Gasteiger partial charge on any atom is -0.497 e. The van der Waals surface area contributed by atoms with Crippen LogP contribution in [0.5, 0.6) is 5.75 Å². The Labute approximate surface area is 142 Å². The van der Waals surface area contributed by atoms with Crippen LogP contribution in [0.4, 0.5) is 0 Å². The van der Waals surface area contributed by atoms with Gasteiger partial charge in [-0.05, 0) is 29.1 Å². The van der Waals surface area contributed by atoms with E-state index in [0.717, 1.165) is 22.0 Å². The van der Waals surface area contributed by atoms with Gasteiger partial charge in [0.2, 0.25) is 0 Å². The molecule has 0 bridgehead atoms. The van der Waals surface area contributed by atoms with Gasteiger partial charge >= 0.3 is 0 Å². The average Bonchev–Trinajstić information content (AvgIpc) is 3.05. The standard InChI is InChI=1S/C17H16N2O2S2/c1-3-9-23-17-18-14-8-10-22-15(14)16(20)19(17)11-12-4-6-13(21-2)7-5-12/h3-8,10H,1,9,11H2,2H3. The summed E-state index contributed by atoms with van der Waals surface area (Å²) in [6.07, 6.45) is 1.81. The van der Waals surface area contributed by atoms with Crippen LogP contribution >= 0.6 is 23.1 Å². The largest absolute Gasteiger partial charge is 0.497 e. The highest BCUT2D eigenvalue weighted by molar-refractivity contribution is 7.99. The summed E-state index contributed by atoms with van der Waals surface area (Å²) in [6, 6.07) is 9.61. The number of thiophene rings is 1. The van der Waals surface area contributed by atoms with Gasteiger partial charge in [-0.25, -0.2) is 4.98 Å². The molecule has 0 aliphatic carbocycles. The Morgan fingerprint density at radius 2 is 2.13 bits per heavy atom. The first-order valence-corrected chi connectivity index (χ1v) is 8.94. The van der Waals surface area contributed by atoms with E-state index in [0.29, 0.717) is 17.0 Å². The van der Waals surface area contributed by atoms with Crippen molar-refractivity contribution in [2.24, 2.45) is 0 Å². The van der Waals surface area contributed by atoms with Crippen LogP contribution in [0.3, 0.4) is 0 Å². The number of fused-ring (bicyclic) bond motifs is 1. The summed E-state index contributed by atoms with van der Waals surface area (Å²) in [6.45, 7) is 4.22. The van der Waals surface area contributed by atoms with E-state index in [4.69, 9.17) is 4.74 Å². The average molecular weight is 344 g/mol. The summed E-state index contributed by atoms with van der Waals surface area (Å²) in [7, 11) is 1.64. The fourth-order valence-corrected chi connectivity index (χ4v) is 3.73. The number of nitrogens with zero attached hydrogens (tertiary/aromatic N) is 2. The number of methoxy groups -OCH3 is 1. The van der Waals surface area contributed by atoms with Crippen molar-refractivity contribution in [2.45, 2.75) is 11.7 Å². The third-order valence-corrected chi connectivity index (χ3v) is 5.22. The smallest absolute Gasteiger partial charge is 0.272 e. The lowest BCUT2D eigenvalue weighted by Crippen LogP contribution is -2.23. The van der Waals surface area contributed by atoms with Crippen molar-refractivity contribution in [1.29, 1.82) is 0 Å². The van der Waals surface area contributed by atoms with E-state index in [1.807, 2.05) is 41.8 Å². The molecule has 2 heterocycles. The number of hydrogen-bond donors (Lipinski definition) is 0. The lowest BCUT2D eigenvalue weighted by atomic mass is 10.2. The number of ether oxygens (including phenoxy) is 1. The van der Waals surface area contributed by atoms with E-state index >= 15 is 0 Å². The van der Waals surface area contributed by atoms with Crippen molar-refractivity contribution in [2.75, 3.05) is 12.9 Å². The van der Waals surface area contributed by atoms with Gasteiger partial charge in [0.15, 0.2) is 5.16 Å². The van der Waals surface area contributed by atoms with Crippen molar-refractivity contribution in [1.82, 2.24) is 9.55 Å². The highest BCUT2D eigenvalue weighted by atomic mass is 32.2. The molecule has 3 aromatic rings. The Bertz CT molecular complexity index is 882. The summed E-state index contributed by atoms with van der Waals surface area (Å²) in [5, 5.41) is 2.62. The lowest BCUT2D eigenvalue weighted by Gasteiger charge is -2.12. The molecule has 0 N–H and O–H groups in total. The van der Waals surface area contributed by atoms with Gasteiger partial charge in [0.05, 0.1) is 19.2 Å². The van der Waals surface area contributed by atoms with E-state index in [1.165, 1.54) is 23.1 Å². The second kappa shape index (κ2) is 7.02. The molecular formula is C17H16N2O2S2. The molecule has 0 aliphatic heterocycles. The van der Waals surface area contributed by atoms with E-state index in [9.17, 15) is 4.79 Å². The molecule has 4 nitrogen and oxygen atoms in total. The quantitative estimate of drug-likeness (QED) is 0.388. The molecule has 118 valence electrons. The fourth-order valence-electron chi connectivity index (χ4n) is 2.22. The molecule has 23 heavy (non-hydrogen) atoms. The normalized spacial score (nSPS) is 10.8. The summed E-state index contributed by atoms with van der Waals surface area (Å²) in [5.74, 6) is 1.51. The van der Waals surface area contributed by atoms with Crippen LogP contribution in [0.15, 0.2) is 58.3 Å². The minimum absolute atomic E-state index is 0.00683. The molecule has 0 amide bonds. The number of rotatable bonds is 6. The van der Waals surface area contributed by atoms with Crippen molar-refractivity contribution in [3.8, 4) is 5.75 Å². The molecule has 0 unspecified atom stereocenters. The molecule has 0 atom stereocenters. The molecule has 6 heteroatoms. The van der Waals surface area contributed by atoms with Crippen LogP contribution in [0.1, 0.15) is 5.56 Å². The van der Waals surface area contributed by atoms with Gasteiger partial charge in [-0.1, -0.05) is 30.0 Å². The molecule has 0 aliphatic rings. The second-order valence-corrected chi connectivity index (χ2v) is 6.77. The monoisotopic (exact) mass is 344 g/mol. The Morgan fingerprint density at radius 3 is 2.83 bits per heavy atom. The first-order valence-electron chi connectivity index (χ1n) is 7.07. The Hall–Kier alpha value is -2.05. The van der Waals surface area contributed by atoms with Gasteiger partial charge in [0.1, 0.15) is 10.4 Å². The molecule has 0 saturated carbocycles. The molecule has 0 saturated heterocycles. The zero-order valence-electron chi connectivity index (χ0n) is 12.7. The van der Waals surface area contributed by atoms with Crippen LogP contribution < -0.4 is 10.3 Å². The number of thioether (sulfide) groups is 1. The number of hydrogen-bond acceptors (Lipinski definition) is 5. The van der Waals surface area contributed by atoms with Crippen molar-refractivity contribution in [3.05, 3.63) is 64.3 Å². The number of aromatic nitrogens is 2. The van der Waals surface area contributed by atoms with Crippen LogP contribution in [0.25, 0.3) is 10.2 Å². The van der Waals surface area contributed by atoms with Gasteiger partial charge in [0, 0.05) is 5.75 Å². The lowest BCUT2D eigenvalue weighted by molar-refractivity contribution is 0.414. The maximum atomic E-state index is 12.8. The first kappa shape index (κ1) is 15.8. The Kier molecular flexibility index (Phi) is 4.83. The van der Waals surface area contributed by atoms with Crippen molar-refractivity contribution < 1.29 is 4.74 Å². The predicted octanol–water partition coefficient (Wildman–Crippen LogP) is 3.79. The molecule has 3 rings (SSSR count). The van der Waals surface area contributed by atoms with Gasteiger partial charge in [-0.15, -0.1) is 17.9 Å². The third kappa shape index (κ3) is 3.33. The van der Waals surface area contributed by atoms with Gasteiger partial charge in [-0.3, -0.25) is 9.36 Å². The molecule has 2 aromatic heterocycles. The molecule has 0 fully saturated rings. The highest BCUT2D eigenvalue weighted by Crippen LogP contribution is 2.22. The maximum Gasteiger partial charge on any atom is 0.272 e. The van der Waals surface area contributed by atoms with Gasteiger partial charge in [-0.2, -0.15) is 0 Å². The molecule has 1 aromatic carbocycles. The van der Waals surface area contributed by atoms with E-state index in [1.54, 1.807) is 11.7 Å². The fraction of sp³-hybridized carbons (Fsp3) is 0.176. The maximum absolute atomic E-state index is 12.8. The van der Waals surface area contributed by atoms with Crippen LogP contribution in [-0.2, 0) is 6.54 Å². The van der Waals surface area contributed by atoms with E-state index in [-0.39, 0.29) is 5.56 Å². The highest BCUT2D eigenvalue weighted by Gasteiger charge is 2.12. The topological polar surface area (TPSA) is 44.1 Å². The minimum atomic E-state index is 0.00683. The molecule has 0 spiro atoms. The third-order valence-electron chi connectivity index (χ3n) is 3.36. The van der Waals surface area contributed by atoms with Gasteiger partial charge in [0.25, 0.3) is 5.56 Å². The van der Waals surface area contributed by atoms with Crippen molar-refractivity contribution >= 4 is 33.3 Å². The van der Waals surface area contributed by atoms with E-state index in [2.05, 4.69) is 11.6 Å². The summed E-state index contributed by atoms with van der Waals surface area (Å²) in [5.41, 5.74) is 1.80. The second-order valence-electron chi connectivity index (χ2n) is 4.87. The Balaban J connectivity index is 2.03. The predicted molar refractivity (Wildman–Crippen MR) is 96.9 cm³/mol. The molecular weight excluding hydrogens is 328 g/mol. The van der Waals surface area contributed by atoms with Gasteiger partial charge < -0.3 is 4.74 Å². The molecule has 0 radical (unpaired) electrons. The van der Waals surface area contributed by atoms with Crippen LogP contribution in [-0.4, -0.2) is 22.4 Å². The van der Waals surface area contributed by atoms with Crippen LogP contribution in [0.2, 0.25) is 0 Å². The number of benzene rings is 1. The summed E-state index contributed by atoms with van der Waals surface area (Å²) < 4.78 is 7.60. The summed E-state index contributed by atoms with van der Waals surface area (Å²) >= 11 is 2.95. The summed E-state index contributed by atoms with van der Waals surface area (Å²) in [4.78, 5) is 17.4. The SMILES string of the molecule is C=CCSc1nc2ccsc2c(=O)n1Cc1ccc(OC)cc1. The first-order chi connectivity index (χ1) is 11.2. The zero-order chi connectivity index (χ0) is 16.2. The van der Waals surface area contributed by atoms with E-state index < -0.39 is 0 Å². The Morgan fingerprint density at radius 1 is 1.35 bits per heavy atom. The zero-order valence-corrected chi connectivity index (χ0v) is 14.3.